The van der Waals surface area contributed by atoms with E-state index in [1.54, 1.807) is 6.08 Å². The first-order valence-corrected chi connectivity index (χ1v) is 5.22. The van der Waals surface area contributed by atoms with Crippen molar-refractivity contribution in [2.75, 3.05) is 19.1 Å². The van der Waals surface area contributed by atoms with Crippen LogP contribution in [0.2, 0.25) is 0 Å². The summed E-state index contributed by atoms with van der Waals surface area (Å²) in [6.07, 6.45) is 2.49. The van der Waals surface area contributed by atoms with Crippen LogP contribution in [-0.2, 0) is 14.3 Å². The summed E-state index contributed by atoms with van der Waals surface area (Å²) in [4.78, 5) is 11.1. The van der Waals surface area contributed by atoms with Gasteiger partial charge in [-0.15, -0.1) is 18.2 Å². The number of rotatable bonds is 8. The molecule has 0 fully saturated rings. The van der Waals surface area contributed by atoms with E-state index in [0.29, 0.717) is 19.6 Å². The second-order valence-corrected chi connectivity index (χ2v) is 3.15. The first-order chi connectivity index (χ1) is 6.74. The largest absolute Gasteiger partial charge is 0.459 e. The Labute approximate surface area is 90.0 Å². The molecular weight excluding hydrogens is 204 g/mol. The number of halogens is 1. The van der Waals surface area contributed by atoms with Crippen LogP contribution < -0.4 is 0 Å². The van der Waals surface area contributed by atoms with Gasteiger partial charge in [-0.3, -0.25) is 4.79 Å². The van der Waals surface area contributed by atoms with Crippen LogP contribution in [0.25, 0.3) is 0 Å². The normalized spacial score (nSPS) is 12.1. The lowest BCUT2D eigenvalue weighted by atomic mass is 10.3. The number of esters is 1. The number of hydrogen-bond donors (Lipinski definition) is 0. The fourth-order valence-electron chi connectivity index (χ4n) is 0.842. The molecule has 0 amide bonds. The number of hydrogen-bond acceptors (Lipinski definition) is 3. The minimum Gasteiger partial charge on any atom is -0.459 e. The Bertz CT molecular complexity index is 171. The molecule has 1 unspecified atom stereocenters. The highest BCUT2D eigenvalue weighted by molar-refractivity contribution is 6.18. The Morgan fingerprint density at radius 2 is 2.36 bits per heavy atom. The van der Waals surface area contributed by atoms with E-state index < -0.39 is 0 Å². The van der Waals surface area contributed by atoms with Crippen molar-refractivity contribution >= 4 is 17.6 Å². The Morgan fingerprint density at radius 1 is 1.64 bits per heavy atom. The monoisotopic (exact) mass is 220 g/mol. The van der Waals surface area contributed by atoms with E-state index in [-0.39, 0.29) is 18.0 Å². The molecule has 82 valence electrons. The molecule has 0 saturated carbocycles. The van der Waals surface area contributed by atoms with Gasteiger partial charge in [0.25, 0.3) is 0 Å². The standard InChI is InChI=1S/C10H17ClO3/c1-3-5-10(12)14-9(7-11)8-13-6-4-2/h4,9H,2-3,5-8H2,1H3. The molecule has 0 aromatic carbocycles. The van der Waals surface area contributed by atoms with Crippen molar-refractivity contribution in [3.05, 3.63) is 12.7 Å². The third-order valence-corrected chi connectivity index (χ3v) is 1.81. The molecule has 0 heterocycles. The van der Waals surface area contributed by atoms with E-state index in [2.05, 4.69) is 6.58 Å². The quantitative estimate of drug-likeness (QED) is 0.272. The van der Waals surface area contributed by atoms with Crippen molar-refractivity contribution in [1.29, 1.82) is 0 Å². The van der Waals surface area contributed by atoms with Crippen LogP contribution in [0.5, 0.6) is 0 Å². The average molecular weight is 221 g/mol. The van der Waals surface area contributed by atoms with Crippen molar-refractivity contribution in [3.8, 4) is 0 Å². The minimum absolute atomic E-state index is 0.222. The zero-order valence-corrected chi connectivity index (χ0v) is 9.26. The fraction of sp³-hybridized carbons (Fsp3) is 0.700. The summed E-state index contributed by atoms with van der Waals surface area (Å²) < 4.78 is 10.2. The molecule has 0 spiro atoms. The van der Waals surface area contributed by atoms with E-state index in [4.69, 9.17) is 21.1 Å². The predicted molar refractivity (Wildman–Crippen MR) is 56.5 cm³/mol. The zero-order chi connectivity index (χ0) is 10.8. The summed E-state index contributed by atoms with van der Waals surface area (Å²) in [5, 5.41) is 0. The van der Waals surface area contributed by atoms with Gasteiger partial charge in [0.15, 0.2) is 0 Å². The van der Waals surface area contributed by atoms with Gasteiger partial charge in [0.05, 0.1) is 19.1 Å². The zero-order valence-electron chi connectivity index (χ0n) is 8.50. The van der Waals surface area contributed by atoms with Gasteiger partial charge in [0, 0.05) is 6.42 Å². The van der Waals surface area contributed by atoms with Gasteiger partial charge < -0.3 is 9.47 Å². The number of ether oxygens (including phenoxy) is 2. The molecule has 0 aliphatic heterocycles. The van der Waals surface area contributed by atoms with E-state index in [0.717, 1.165) is 6.42 Å². The van der Waals surface area contributed by atoms with Crippen molar-refractivity contribution < 1.29 is 14.3 Å². The van der Waals surface area contributed by atoms with Gasteiger partial charge in [0.2, 0.25) is 0 Å². The molecule has 0 bridgehead atoms. The van der Waals surface area contributed by atoms with Crippen LogP contribution in [0.15, 0.2) is 12.7 Å². The smallest absolute Gasteiger partial charge is 0.306 e. The van der Waals surface area contributed by atoms with Gasteiger partial charge in [0.1, 0.15) is 6.10 Å². The topological polar surface area (TPSA) is 35.5 Å². The van der Waals surface area contributed by atoms with E-state index in [1.165, 1.54) is 0 Å². The summed E-state index contributed by atoms with van der Waals surface area (Å²) in [6, 6.07) is 0. The van der Waals surface area contributed by atoms with E-state index in [1.807, 2.05) is 6.92 Å². The van der Waals surface area contributed by atoms with Gasteiger partial charge >= 0.3 is 5.97 Å². The Morgan fingerprint density at radius 3 is 2.86 bits per heavy atom. The minimum atomic E-state index is -0.351. The van der Waals surface area contributed by atoms with Crippen molar-refractivity contribution in [1.82, 2.24) is 0 Å². The van der Waals surface area contributed by atoms with Crippen molar-refractivity contribution in [2.24, 2.45) is 0 Å². The van der Waals surface area contributed by atoms with Crippen LogP contribution >= 0.6 is 11.6 Å². The summed E-state index contributed by atoms with van der Waals surface area (Å²) in [6.45, 7) is 6.20. The molecule has 0 radical (unpaired) electrons. The summed E-state index contributed by atoms with van der Waals surface area (Å²) in [5.41, 5.74) is 0. The maximum Gasteiger partial charge on any atom is 0.306 e. The number of alkyl halides is 1. The van der Waals surface area contributed by atoms with E-state index >= 15 is 0 Å². The highest BCUT2D eigenvalue weighted by Gasteiger charge is 2.12. The van der Waals surface area contributed by atoms with Crippen molar-refractivity contribution in [2.45, 2.75) is 25.9 Å². The molecule has 0 N–H and O–H groups in total. The predicted octanol–water partition coefficient (Wildman–Crippen LogP) is 2.14. The Hall–Kier alpha value is -0.540. The summed E-state index contributed by atoms with van der Waals surface area (Å²) >= 11 is 5.61. The number of carbonyl (C=O) groups is 1. The molecule has 4 heteroatoms. The highest BCUT2D eigenvalue weighted by Crippen LogP contribution is 2.01. The molecule has 1 atom stereocenters. The number of carbonyl (C=O) groups excluding carboxylic acids is 1. The Kier molecular flexibility index (Phi) is 8.68. The van der Waals surface area contributed by atoms with Crippen molar-refractivity contribution in [3.63, 3.8) is 0 Å². The van der Waals surface area contributed by atoms with Gasteiger partial charge in [-0.2, -0.15) is 0 Å². The highest BCUT2D eigenvalue weighted by atomic mass is 35.5. The van der Waals surface area contributed by atoms with Crippen LogP contribution in [0.4, 0.5) is 0 Å². The lowest BCUT2D eigenvalue weighted by molar-refractivity contribution is -0.150. The Balaban J connectivity index is 3.66. The lowest BCUT2D eigenvalue weighted by Gasteiger charge is -2.14. The maximum atomic E-state index is 11.1. The molecule has 0 rings (SSSR count). The first-order valence-electron chi connectivity index (χ1n) is 4.68. The second kappa shape index (κ2) is 9.03. The molecule has 0 saturated heterocycles. The lowest BCUT2D eigenvalue weighted by Crippen LogP contribution is -2.25. The average Bonchev–Trinajstić information content (AvgIpc) is 2.17. The molecule has 0 aliphatic carbocycles. The van der Waals surface area contributed by atoms with Crippen LogP contribution in [0.1, 0.15) is 19.8 Å². The molecule has 3 nitrogen and oxygen atoms in total. The molecular formula is C10H17ClO3. The van der Waals surface area contributed by atoms with Crippen LogP contribution in [0, 0.1) is 0 Å². The van der Waals surface area contributed by atoms with Gasteiger partial charge in [-0.05, 0) is 6.42 Å². The SMILES string of the molecule is C=CCOCC(CCl)OC(=O)CCC. The third kappa shape index (κ3) is 6.92. The molecule has 0 aromatic heterocycles. The molecule has 0 aromatic rings. The first kappa shape index (κ1) is 13.5. The van der Waals surface area contributed by atoms with Crippen LogP contribution in [0.3, 0.4) is 0 Å². The summed E-state index contributed by atoms with van der Waals surface area (Å²) in [5.74, 6) is 0.0346. The third-order valence-electron chi connectivity index (χ3n) is 1.46. The second-order valence-electron chi connectivity index (χ2n) is 2.84. The molecule has 14 heavy (non-hydrogen) atoms. The maximum absolute atomic E-state index is 11.1. The van der Waals surface area contributed by atoms with Gasteiger partial charge in [-0.25, -0.2) is 0 Å². The fourth-order valence-corrected chi connectivity index (χ4v) is 0.994. The van der Waals surface area contributed by atoms with Gasteiger partial charge in [-0.1, -0.05) is 13.0 Å². The van der Waals surface area contributed by atoms with E-state index in [9.17, 15) is 4.79 Å². The summed E-state index contributed by atoms with van der Waals surface area (Å²) in [7, 11) is 0. The molecule has 0 aliphatic rings. The van der Waals surface area contributed by atoms with Crippen LogP contribution in [-0.4, -0.2) is 31.2 Å².